The van der Waals surface area contributed by atoms with Gasteiger partial charge >= 0.3 is 0 Å². The monoisotopic (exact) mass is 360 g/mol. The van der Waals surface area contributed by atoms with Crippen LogP contribution in [0.15, 0.2) is 21.5 Å². The predicted molar refractivity (Wildman–Crippen MR) is 84.2 cm³/mol. The Labute approximate surface area is 129 Å². The molecule has 0 bridgehead atoms. The minimum atomic E-state index is -3.44. The number of hydrogen-bond donors (Lipinski definition) is 2. The maximum absolute atomic E-state index is 12.4. The van der Waals surface area contributed by atoms with Crippen LogP contribution in [0.5, 0.6) is 0 Å². The highest BCUT2D eigenvalue weighted by atomic mass is 79.9. The maximum atomic E-state index is 12.4. The van der Waals surface area contributed by atoms with Crippen molar-refractivity contribution in [1.29, 1.82) is 0 Å². The summed E-state index contributed by atoms with van der Waals surface area (Å²) in [6, 6.07) is 4.24. The molecule has 1 fully saturated rings. The number of sulfonamides is 1. The smallest absolute Gasteiger partial charge is 0.241 e. The summed E-state index contributed by atoms with van der Waals surface area (Å²) in [4.78, 5) is 0.338. The van der Waals surface area contributed by atoms with E-state index in [0.717, 1.165) is 24.0 Å². The van der Waals surface area contributed by atoms with Crippen LogP contribution in [0.1, 0.15) is 37.8 Å². The molecule has 1 aliphatic carbocycles. The van der Waals surface area contributed by atoms with Crippen molar-refractivity contribution in [3.05, 3.63) is 27.7 Å². The van der Waals surface area contributed by atoms with E-state index in [1.807, 2.05) is 13.0 Å². The van der Waals surface area contributed by atoms with Gasteiger partial charge in [-0.3, -0.25) is 0 Å². The first kappa shape index (κ1) is 15.9. The maximum Gasteiger partial charge on any atom is 0.241 e. The van der Waals surface area contributed by atoms with Crippen LogP contribution in [0, 0.1) is 6.92 Å². The van der Waals surface area contributed by atoms with Crippen molar-refractivity contribution in [2.45, 2.75) is 57.1 Å². The molecular formula is C14H21BrN2O2S. The zero-order chi connectivity index (χ0) is 14.9. The number of nitrogens with one attached hydrogen (secondary N) is 2. The van der Waals surface area contributed by atoms with Crippen molar-refractivity contribution >= 4 is 26.0 Å². The molecular weight excluding hydrogens is 340 g/mol. The van der Waals surface area contributed by atoms with E-state index in [4.69, 9.17) is 0 Å². The van der Waals surface area contributed by atoms with E-state index in [2.05, 4.69) is 39.8 Å². The van der Waals surface area contributed by atoms with Gasteiger partial charge in [0.05, 0.1) is 4.90 Å². The molecule has 20 heavy (non-hydrogen) atoms. The Kier molecular flexibility index (Phi) is 4.89. The fourth-order valence-electron chi connectivity index (χ4n) is 1.91. The van der Waals surface area contributed by atoms with Crippen LogP contribution < -0.4 is 10.0 Å². The molecule has 0 spiro atoms. The third-order valence-corrected chi connectivity index (χ3v) is 6.04. The summed E-state index contributed by atoms with van der Waals surface area (Å²) in [5.74, 6) is 0. The highest BCUT2D eigenvalue weighted by molar-refractivity contribution is 9.10. The summed E-state index contributed by atoms with van der Waals surface area (Å²) in [6.07, 6.45) is 1.87. The number of halogens is 1. The summed E-state index contributed by atoms with van der Waals surface area (Å²) < 4.78 is 28.1. The van der Waals surface area contributed by atoms with E-state index in [9.17, 15) is 8.42 Å². The molecule has 0 saturated heterocycles. The topological polar surface area (TPSA) is 58.2 Å². The van der Waals surface area contributed by atoms with Crippen LogP contribution in [0.2, 0.25) is 0 Å². The van der Waals surface area contributed by atoms with Gasteiger partial charge < -0.3 is 5.32 Å². The largest absolute Gasteiger partial charge is 0.310 e. The van der Waals surface area contributed by atoms with Crippen molar-refractivity contribution in [3.8, 4) is 0 Å². The number of rotatable bonds is 6. The molecule has 112 valence electrons. The van der Waals surface area contributed by atoms with Crippen LogP contribution in [-0.2, 0) is 16.6 Å². The lowest BCUT2D eigenvalue weighted by Crippen LogP contribution is -2.27. The zero-order valence-electron chi connectivity index (χ0n) is 12.0. The predicted octanol–water partition coefficient (Wildman–Crippen LogP) is 2.70. The van der Waals surface area contributed by atoms with E-state index in [-0.39, 0.29) is 6.04 Å². The first-order chi connectivity index (χ1) is 9.29. The van der Waals surface area contributed by atoms with Crippen LogP contribution in [0.3, 0.4) is 0 Å². The summed E-state index contributed by atoms with van der Waals surface area (Å²) in [5, 5.41) is 3.31. The fourth-order valence-corrected chi connectivity index (χ4v) is 4.29. The SMILES string of the molecule is Cc1cc(CNC(C)C)cc(S(=O)(=O)NC2CC2)c1Br. The van der Waals surface area contributed by atoms with Gasteiger partial charge in [-0.15, -0.1) is 0 Å². The molecule has 0 heterocycles. The number of hydrogen-bond acceptors (Lipinski definition) is 3. The Morgan fingerprint density at radius 3 is 2.55 bits per heavy atom. The van der Waals surface area contributed by atoms with Gasteiger partial charge in [0.25, 0.3) is 0 Å². The van der Waals surface area contributed by atoms with Crippen LogP contribution in [-0.4, -0.2) is 20.5 Å². The van der Waals surface area contributed by atoms with Crippen molar-refractivity contribution in [3.63, 3.8) is 0 Å². The molecule has 2 N–H and O–H groups in total. The Balaban J connectivity index is 2.30. The summed E-state index contributed by atoms with van der Waals surface area (Å²) >= 11 is 3.40. The highest BCUT2D eigenvalue weighted by Gasteiger charge is 2.29. The first-order valence-electron chi connectivity index (χ1n) is 6.84. The second-order valence-corrected chi connectivity index (χ2v) is 8.13. The summed E-state index contributed by atoms with van der Waals surface area (Å²) in [5.41, 5.74) is 1.92. The van der Waals surface area contributed by atoms with Crippen molar-refractivity contribution in [2.75, 3.05) is 0 Å². The first-order valence-corrected chi connectivity index (χ1v) is 9.12. The van der Waals surface area contributed by atoms with E-state index in [1.54, 1.807) is 6.07 Å². The van der Waals surface area contributed by atoms with Crippen LogP contribution in [0.25, 0.3) is 0 Å². The lowest BCUT2D eigenvalue weighted by Gasteiger charge is -2.14. The Morgan fingerprint density at radius 2 is 2.00 bits per heavy atom. The van der Waals surface area contributed by atoms with Gasteiger partial charge in [-0.2, -0.15) is 0 Å². The molecule has 6 heteroatoms. The molecule has 0 radical (unpaired) electrons. The molecule has 2 rings (SSSR count). The quantitative estimate of drug-likeness (QED) is 0.819. The molecule has 4 nitrogen and oxygen atoms in total. The molecule has 0 aliphatic heterocycles. The normalized spacial score (nSPS) is 15.8. The minimum Gasteiger partial charge on any atom is -0.310 e. The minimum absolute atomic E-state index is 0.115. The summed E-state index contributed by atoms with van der Waals surface area (Å²) in [6.45, 7) is 6.72. The van der Waals surface area contributed by atoms with Gasteiger partial charge in [0.2, 0.25) is 10.0 Å². The zero-order valence-corrected chi connectivity index (χ0v) is 14.4. The van der Waals surface area contributed by atoms with Gasteiger partial charge in [0, 0.05) is 23.1 Å². The average Bonchev–Trinajstić information content (AvgIpc) is 3.13. The molecule has 1 aromatic rings. The van der Waals surface area contributed by atoms with Gasteiger partial charge in [0.15, 0.2) is 0 Å². The second-order valence-electron chi connectivity index (χ2n) is 5.66. The van der Waals surface area contributed by atoms with E-state index < -0.39 is 10.0 Å². The number of benzene rings is 1. The van der Waals surface area contributed by atoms with Gasteiger partial charge in [-0.1, -0.05) is 19.9 Å². The van der Waals surface area contributed by atoms with Gasteiger partial charge in [0.1, 0.15) is 0 Å². The lowest BCUT2D eigenvalue weighted by molar-refractivity contribution is 0.577. The second kappa shape index (κ2) is 6.13. The Hall–Kier alpha value is -0.430. The lowest BCUT2D eigenvalue weighted by atomic mass is 10.1. The van der Waals surface area contributed by atoms with Crippen LogP contribution >= 0.6 is 15.9 Å². The summed E-state index contributed by atoms with van der Waals surface area (Å²) in [7, 11) is -3.44. The Bertz CT molecular complexity index is 595. The molecule has 1 aliphatic rings. The fraction of sp³-hybridized carbons (Fsp3) is 0.571. The van der Waals surface area contributed by atoms with Crippen molar-refractivity contribution < 1.29 is 8.42 Å². The van der Waals surface area contributed by atoms with E-state index in [1.165, 1.54) is 0 Å². The molecule has 0 aromatic heterocycles. The third kappa shape index (κ3) is 4.04. The van der Waals surface area contributed by atoms with E-state index in [0.29, 0.717) is 22.0 Å². The Morgan fingerprint density at radius 1 is 1.35 bits per heavy atom. The highest BCUT2D eigenvalue weighted by Crippen LogP contribution is 2.29. The van der Waals surface area contributed by atoms with Crippen LogP contribution in [0.4, 0.5) is 0 Å². The van der Waals surface area contributed by atoms with E-state index >= 15 is 0 Å². The molecule has 0 amide bonds. The third-order valence-electron chi connectivity index (χ3n) is 3.18. The average molecular weight is 361 g/mol. The van der Waals surface area contributed by atoms with Gasteiger partial charge in [-0.05, 0) is 52.9 Å². The number of aryl methyl sites for hydroxylation is 1. The molecule has 0 atom stereocenters. The van der Waals surface area contributed by atoms with Crippen molar-refractivity contribution in [2.24, 2.45) is 0 Å². The van der Waals surface area contributed by atoms with Gasteiger partial charge in [-0.25, -0.2) is 13.1 Å². The van der Waals surface area contributed by atoms with Crippen molar-refractivity contribution in [1.82, 2.24) is 10.0 Å². The molecule has 1 aromatic carbocycles. The molecule has 1 saturated carbocycles. The standard InChI is InChI=1S/C14H21BrN2O2S/c1-9(2)16-8-11-6-10(3)14(15)13(7-11)20(18,19)17-12-4-5-12/h6-7,9,12,16-17H,4-5,8H2,1-3H3. The molecule has 0 unspecified atom stereocenters.